The fraction of sp³-hybridized carbons (Fsp3) is 0.818. The van der Waals surface area contributed by atoms with Crippen LogP contribution in [-0.4, -0.2) is 35.3 Å². The number of carbonyl (C=O) groups is 2. The summed E-state index contributed by atoms with van der Waals surface area (Å²) in [5.41, 5.74) is 0. The Morgan fingerprint density at radius 2 is 2.00 bits per heavy atom. The lowest BCUT2D eigenvalue weighted by molar-refractivity contribution is -0.147. The minimum absolute atomic E-state index is 0.0473. The maximum absolute atomic E-state index is 12.0. The molecule has 4 nitrogen and oxygen atoms in total. The number of amides is 2. The summed E-state index contributed by atoms with van der Waals surface area (Å²) in [6.07, 6.45) is 0.659. The quantitative estimate of drug-likeness (QED) is 0.751. The number of carbonyl (C=O) groups excluding carboxylic acids is 2. The van der Waals surface area contributed by atoms with Crippen LogP contribution < -0.4 is 5.32 Å². The third kappa shape index (κ3) is 2.49. The minimum atomic E-state index is -0.326. The molecule has 1 N–H and O–H groups in total. The lowest BCUT2D eigenvalue weighted by Gasteiger charge is -2.37. The summed E-state index contributed by atoms with van der Waals surface area (Å²) in [5.74, 6) is 0.379. The monoisotopic (exact) mass is 212 g/mol. The Morgan fingerprint density at radius 1 is 1.40 bits per heavy atom. The molecule has 0 aromatic heterocycles. The molecule has 1 aliphatic rings. The van der Waals surface area contributed by atoms with Gasteiger partial charge >= 0.3 is 0 Å². The number of piperazine rings is 1. The highest BCUT2D eigenvalue weighted by atomic mass is 16.2. The fourth-order valence-electron chi connectivity index (χ4n) is 1.72. The van der Waals surface area contributed by atoms with Crippen molar-refractivity contribution in [1.82, 2.24) is 10.2 Å². The van der Waals surface area contributed by atoms with Crippen LogP contribution in [-0.2, 0) is 9.59 Å². The maximum atomic E-state index is 12.0. The summed E-state index contributed by atoms with van der Waals surface area (Å²) in [7, 11) is 0. The zero-order chi connectivity index (χ0) is 11.6. The minimum Gasteiger partial charge on any atom is -0.343 e. The van der Waals surface area contributed by atoms with Gasteiger partial charge in [0.2, 0.25) is 11.8 Å². The number of rotatable bonds is 3. The van der Waals surface area contributed by atoms with Crippen molar-refractivity contribution in [3.05, 3.63) is 0 Å². The summed E-state index contributed by atoms with van der Waals surface area (Å²) in [6.45, 7) is 8.23. The van der Waals surface area contributed by atoms with E-state index >= 15 is 0 Å². The third-order valence-electron chi connectivity index (χ3n) is 3.10. The van der Waals surface area contributed by atoms with Gasteiger partial charge in [0, 0.05) is 6.04 Å². The molecule has 15 heavy (non-hydrogen) atoms. The Kier molecular flexibility index (Phi) is 3.72. The summed E-state index contributed by atoms with van der Waals surface area (Å²) < 4.78 is 0. The highest BCUT2D eigenvalue weighted by Gasteiger charge is 2.34. The second-order valence-electron chi connectivity index (χ2n) is 4.48. The van der Waals surface area contributed by atoms with Crippen LogP contribution in [0.1, 0.15) is 34.1 Å². The Bertz CT molecular complexity index is 263. The van der Waals surface area contributed by atoms with Gasteiger partial charge in [0.1, 0.15) is 6.04 Å². The highest BCUT2D eigenvalue weighted by Crippen LogP contribution is 2.15. The molecule has 0 radical (unpaired) electrons. The van der Waals surface area contributed by atoms with Crippen molar-refractivity contribution in [2.24, 2.45) is 5.92 Å². The SMILES string of the molecule is CCC1NC(=O)CN(C(C)C(C)C)C1=O. The van der Waals surface area contributed by atoms with E-state index in [9.17, 15) is 9.59 Å². The molecular weight excluding hydrogens is 192 g/mol. The summed E-state index contributed by atoms with van der Waals surface area (Å²) in [6, 6.07) is -0.204. The molecular formula is C11H20N2O2. The number of hydrogen-bond donors (Lipinski definition) is 1. The summed E-state index contributed by atoms with van der Waals surface area (Å²) in [4.78, 5) is 25.1. The van der Waals surface area contributed by atoms with E-state index in [1.165, 1.54) is 0 Å². The molecule has 0 saturated carbocycles. The number of hydrogen-bond acceptors (Lipinski definition) is 2. The first-order chi connectivity index (χ1) is 6.97. The second-order valence-corrected chi connectivity index (χ2v) is 4.48. The molecule has 1 heterocycles. The van der Waals surface area contributed by atoms with Gasteiger partial charge in [-0.25, -0.2) is 0 Å². The van der Waals surface area contributed by atoms with Crippen molar-refractivity contribution in [3.63, 3.8) is 0 Å². The molecule has 0 aliphatic carbocycles. The largest absolute Gasteiger partial charge is 0.343 e. The van der Waals surface area contributed by atoms with Gasteiger partial charge in [-0.05, 0) is 19.3 Å². The van der Waals surface area contributed by atoms with E-state index in [1.54, 1.807) is 4.90 Å². The molecule has 2 amide bonds. The molecule has 2 unspecified atom stereocenters. The van der Waals surface area contributed by atoms with Crippen LogP contribution in [0.15, 0.2) is 0 Å². The standard InChI is InChI=1S/C11H20N2O2/c1-5-9-11(15)13(6-10(14)12-9)8(4)7(2)3/h7-9H,5-6H2,1-4H3,(H,12,14). The van der Waals surface area contributed by atoms with E-state index in [-0.39, 0.29) is 30.4 Å². The Hall–Kier alpha value is -1.06. The van der Waals surface area contributed by atoms with E-state index in [0.29, 0.717) is 12.3 Å². The van der Waals surface area contributed by atoms with E-state index in [4.69, 9.17) is 0 Å². The molecule has 2 atom stereocenters. The van der Waals surface area contributed by atoms with Crippen molar-refractivity contribution >= 4 is 11.8 Å². The summed E-state index contributed by atoms with van der Waals surface area (Å²) >= 11 is 0. The van der Waals surface area contributed by atoms with Gasteiger partial charge in [0.05, 0.1) is 6.54 Å². The van der Waals surface area contributed by atoms with Crippen LogP contribution in [0.25, 0.3) is 0 Å². The lowest BCUT2D eigenvalue weighted by atomic mass is 10.0. The van der Waals surface area contributed by atoms with Crippen molar-refractivity contribution in [3.8, 4) is 0 Å². The molecule has 1 rings (SSSR count). The molecule has 1 aliphatic heterocycles. The number of nitrogens with one attached hydrogen (secondary N) is 1. The normalized spacial score (nSPS) is 24.3. The van der Waals surface area contributed by atoms with Gasteiger partial charge in [-0.2, -0.15) is 0 Å². The van der Waals surface area contributed by atoms with Crippen LogP contribution in [0.2, 0.25) is 0 Å². The molecule has 1 fully saturated rings. The van der Waals surface area contributed by atoms with Gasteiger partial charge in [-0.1, -0.05) is 20.8 Å². The smallest absolute Gasteiger partial charge is 0.245 e. The molecule has 0 bridgehead atoms. The Morgan fingerprint density at radius 3 is 2.47 bits per heavy atom. The van der Waals surface area contributed by atoms with Crippen molar-refractivity contribution < 1.29 is 9.59 Å². The molecule has 0 spiro atoms. The van der Waals surface area contributed by atoms with Gasteiger partial charge in [0.15, 0.2) is 0 Å². The highest BCUT2D eigenvalue weighted by molar-refractivity contribution is 5.94. The van der Waals surface area contributed by atoms with Crippen LogP contribution in [0.3, 0.4) is 0 Å². The first-order valence-electron chi connectivity index (χ1n) is 5.57. The zero-order valence-electron chi connectivity index (χ0n) is 9.91. The van der Waals surface area contributed by atoms with Crippen LogP contribution in [0.4, 0.5) is 0 Å². The third-order valence-corrected chi connectivity index (χ3v) is 3.10. The van der Waals surface area contributed by atoms with Crippen LogP contribution >= 0.6 is 0 Å². The second kappa shape index (κ2) is 4.64. The molecule has 0 aromatic rings. The lowest BCUT2D eigenvalue weighted by Crippen LogP contribution is -2.60. The van der Waals surface area contributed by atoms with E-state index in [2.05, 4.69) is 19.2 Å². The predicted octanol–water partition coefficient (Wildman–Crippen LogP) is 0.768. The Balaban J connectivity index is 2.79. The maximum Gasteiger partial charge on any atom is 0.245 e. The van der Waals surface area contributed by atoms with E-state index < -0.39 is 0 Å². The zero-order valence-corrected chi connectivity index (χ0v) is 9.91. The average molecular weight is 212 g/mol. The number of nitrogens with zero attached hydrogens (tertiary/aromatic N) is 1. The van der Waals surface area contributed by atoms with Gasteiger partial charge in [0.25, 0.3) is 0 Å². The van der Waals surface area contributed by atoms with Crippen LogP contribution in [0, 0.1) is 5.92 Å². The Labute approximate surface area is 91.0 Å². The van der Waals surface area contributed by atoms with Gasteiger partial charge < -0.3 is 10.2 Å². The fourth-order valence-corrected chi connectivity index (χ4v) is 1.72. The van der Waals surface area contributed by atoms with E-state index in [1.807, 2.05) is 13.8 Å². The van der Waals surface area contributed by atoms with Crippen molar-refractivity contribution in [2.75, 3.05) is 6.54 Å². The predicted molar refractivity (Wildman–Crippen MR) is 58.2 cm³/mol. The molecule has 1 saturated heterocycles. The van der Waals surface area contributed by atoms with Crippen LogP contribution in [0.5, 0.6) is 0 Å². The molecule has 86 valence electrons. The average Bonchev–Trinajstić information content (AvgIpc) is 2.19. The first-order valence-corrected chi connectivity index (χ1v) is 5.57. The van der Waals surface area contributed by atoms with Crippen molar-refractivity contribution in [2.45, 2.75) is 46.2 Å². The van der Waals surface area contributed by atoms with Gasteiger partial charge in [-0.15, -0.1) is 0 Å². The molecule has 0 aromatic carbocycles. The first kappa shape index (κ1) is 12.0. The van der Waals surface area contributed by atoms with Gasteiger partial charge in [-0.3, -0.25) is 9.59 Å². The summed E-state index contributed by atoms with van der Waals surface area (Å²) in [5, 5.41) is 2.71. The molecule has 4 heteroatoms. The van der Waals surface area contributed by atoms with E-state index in [0.717, 1.165) is 0 Å². The van der Waals surface area contributed by atoms with Crippen molar-refractivity contribution in [1.29, 1.82) is 0 Å². The topological polar surface area (TPSA) is 49.4 Å².